The molecule has 2 aromatic carbocycles. The first kappa shape index (κ1) is 16.7. The lowest BCUT2D eigenvalue weighted by Crippen LogP contribution is -2.30. The van der Waals surface area contributed by atoms with Crippen molar-refractivity contribution in [1.82, 2.24) is 10.2 Å². The van der Waals surface area contributed by atoms with Gasteiger partial charge in [-0.25, -0.2) is 0 Å². The molecule has 2 amide bonds. The van der Waals surface area contributed by atoms with E-state index in [0.717, 1.165) is 5.56 Å². The third-order valence-corrected chi connectivity index (χ3v) is 3.34. The van der Waals surface area contributed by atoms with Crippen LogP contribution >= 0.6 is 0 Å². The minimum atomic E-state index is -0.178. The van der Waals surface area contributed by atoms with Crippen molar-refractivity contribution in [1.29, 1.82) is 0 Å². The van der Waals surface area contributed by atoms with Gasteiger partial charge in [-0.1, -0.05) is 36.4 Å². The monoisotopic (exact) mass is 311 g/mol. The van der Waals surface area contributed by atoms with Crippen molar-refractivity contribution in [2.24, 2.45) is 0 Å². The predicted octanol–water partition coefficient (Wildman–Crippen LogP) is 2.12. The molecule has 2 rings (SSSR count). The lowest BCUT2D eigenvalue weighted by Gasteiger charge is -2.16. The molecule has 0 radical (unpaired) electrons. The lowest BCUT2D eigenvalue weighted by atomic mass is 10.2. The largest absolute Gasteiger partial charge is 0.355 e. The normalized spacial score (nSPS) is 10.4. The summed E-state index contributed by atoms with van der Waals surface area (Å²) in [6.45, 7) is 0.978. The Labute approximate surface area is 136 Å². The summed E-state index contributed by atoms with van der Waals surface area (Å²) in [4.78, 5) is 25.6. The van der Waals surface area contributed by atoms with Gasteiger partial charge in [-0.05, 0) is 30.8 Å². The Morgan fingerprint density at radius 3 is 2.48 bits per heavy atom. The van der Waals surface area contributed by atoms with Gasteiger partial charge in [-0.2, -0.15) is 0 Å². The molecule has 2 N–H and O–H groups in total. The number of benzene rings is 2. The number of hydrogen-bond donors (Lipinski definition) is 2. The summed E-state index contributed by atoms with van der Waals surface area (Å²) in [6, 6.07) is 16.9. The predicted molar refractivity (Wildman–Crippen MR) is 91.2 cm³/mol. The van der Waals surface area contributed by atoms with E-state index in [9.17, 15) is 9.59 Å². The quantitative estimate of drug-likeness (QED) is 0.859. The van der Waals surface area contributed by atoms with E-state index in [4.69, 9.17) is 0 Å². The topological polar surface area (TPSA) is 61.4 Å². The van der Waals surface area contributed by atoms with E-state index < -0.39 is 0 Å². The second-order valence-electron chi connectivity index (χ2n) is 5.37. The van der Waals surface area contributed by atoms with Crippen LogP contribution in [0, 0.1) is 0 Å². The molecular formula is C18H21N3O2. The van der Waals surface area contributed by atoms with Gasteiger partial charge < -0.3 is 10.6 Å². The van der Waals surface area contributed by atoms with Gasteiger partial charge in [0.05, 0.1) is 6.54 Å². The van der Waals surface area contributed by atoms with Gasteiger partial charge in [0.1, 0.15) is 0 Å². The molecule has 0 saturated heterocycles. The van der Waals surface area contributed by atoms with Crippen molar-refractivity contribution >= 4 is 17.5 Å². The van der Waals surface area contributed by atoms with Crippen LogP contribution in [-0.4, -0.2) is 37.4 Å². The fourth-order valence-electron chi connectivity index (χ4n) is 2.28. The summed E-state index contributed by atoms with van der Waals surface area (Å²) in [5, 5.41) is 5.38. The number of hydrogen-bond acceptors (Lipinski definition) is 3. The number of nitrogens with zero attached hydrogens (tertiary/aromatic N) is 1. The summed E-state index contributed by atoms with van der Waals surface area (Å²) in [6.07, 6.45) is 0. The number of amides is 2. The molecule has 23 heavy (non-hydrogen) atoms. The number of carbonyl (C=O) groups excluding carboxylic acids is 2. The highest BCUT2D eigenvalue weighted by atomic mass is 16.2. The van der Waals surface area contributed by atoms with Crippen LogP contribution in [0.5, 0.6) is 0 Å². The first-order valence-corrected chi connectivity index (χ1v) is 7.43. The molecule has 0 aliphatic heterocycles. The number of anilines is 1. The summed E-state index contributed by atoms with van der Waals surface area (Å²) in [5.74, 6) is -0.292. The molecule has 0 atom stereocenters. The summed E-state index contributed by atoms with van der Waals surface area (Å²) in [7, 11) is 3.47. The van der Waals surface area contributed by atoms with Crippen LogP contribution in [0.1, 0.15) is 15.9 Å². The van der Waals surface area contributed by atoms with Gasteiger partial charge in [0, 0.05) is 24.8 Å². The molecule has 2 aromatic rings. The van der Waals surface area contributed by atoms with Gasteiger partial charge in [0.15, 0.2) is 0 Å². The van der Waals surface area contributed by atoms with Gasteiger partial charge >= 0.3 is 0 Å². The second kappa shape index (κ2) is 8.10. The molecule has 5 nitrogen and oxygen atoms in total. The third kappa shape index (κ3) is 5.23. The number of nitrogens with one attached hydrogen (secondary N) is 2. The molecule has 0 aliphatic rings. The Kier molecular flexibility index (Phi) is 5.88. The SMILES string of the molecule is CNC(=O)c1cccc(NC(=O)CN(C)Cc2ccccc2)c1. The zero-order valence-corrected chi connectivity index (χ0v) is 13.4. The summed E-state index contributed by atoms with van der Waals surface area (Å²) < 4.78 is 0. The summed E-state index contributed by atoms with van der Waals surface area (Å²) in [5.41, 5.74) is 2.29. The Bertz CT molecular complexity index is 671. The smallest absolute Gasteiger partial charge is 0.251 e. The average Bonchev–Trinajstić information content (AvgIpc) is 2.55. The number of carbonyl (C=O) groups is 2. The van der Waals surface area contributed by atoms with Gasteiger partial charge in [0.25, 0.3) is 5.91 Å². The van der Waals surface area contributed by atoms with E-state index in [2.05, 4.69) is 10.6 Å². The van der Waals surface area contributed by atoms with E-state index in [1.165, 1.54) is 0 Å². The second-order valence-corrected chi connectivity index (χ2v) is 5.37. The number of likely N-dealkylation sites (N-methyl/N-ethyl adjacent to an activating group) is 1. The van der Waals surface area contributed by atoms with Crippen LogP contribution in [0.25, 0.3) is 0 Å². The van der Waals surface area contributed by atoms with Crippen molar-refractivity contribution in [2.45, 2.75) is 6.54 Å². The Balaban J connectivity index is 1.90. The van der Waals surface area contributed by atoms with Gasteiger partial charge in [0.2, 0.25) is 5.91 Å². The first-order valence-electron chi connectivity index (χ1n) is 7.43. The van der Waals surface area contributed by atoms with Crippen LogP contribution in [0.2, 0.25) is 0 Å². The van der Waals surface area contributed by atoms with Crippen molar-refractivity contribution in [2.75, 3.05) is 26.0 Å². The van der Waals surface area contributed by atoms with Crippen LogP contribution in [0.4, 0.5) is 5.69 Å². The third-order valence-electron chi connectivity index (χ3n) is 3.34. The zero-order valence-electron chi connectivity index (χ0n) is 13.4. The van der Waals surface area contributed by atoms with Gasteiger partial charge in [-0.3, -0.25) is 14.5 Å². The Morgan fingerprint density at radius 2 is 1.78 bits per heavy atom. The Morgan fingerprint density at radius 1 is 1.04 bits per heavy atom. The van der Waals surface area contributed by atoms with Crippen LogP contribution in [-0.2, 0) is 11.3 Å². The molecule has 0 saturated carbocycles. The maximum atomic E-state index is 12.1. The molecule has 0 aliphatic carbocycles. The first-order chi connectivity index (χ1) is 11.1. The minimum Gasteiger partial charge on any atom is -0.355 e. The van der Waals surface area contributed by atoms with Crippen molar-refractivity contribution in [3.63, 3.8) is 0 Å². The molecular weight excluding hydrogens is 290 g/mol. The van der Waals surface area contributed by atoms with E-state index in [1.807, 2.05) is 42.3 Å². The molecule has 0 heterocycles. The van der Waals surface area contributed by atoms with Crippen LogP contribution in [0.3, 0.4) is 0 Å². The van der Waals surface area contributed by atoms with Crippen LogP contribution in [0.15, 0.2) is 54.6 Å². The molecule has 5 heteroatoms. The maximum Gasteiger partial charge on any atom is 0.251 e. The zero-order chi connectivity index (χ0) is 16.7. The highest BCUT2D eigenvalue weighted by Crippen LogP contribution is 2.11. The van der Waals surface area contributed by atoms with E-state index in [1.54, 1.807) is 31.3 Å². The van der Waals surface area contributed by atoms with E-state index >= 15 is 0 Å². The fourth-order valence-corrected chi connectivity index (χ4v) is 2.28. The molecule has 0 aromatic heterocycles. The highest BCUT2D eigenvalue weighted by molar-refractivity contribution is 5.97. The van der Waals surface area contributed by atoms with E-state index in [-0.39, 0.29) is 18.4 Å². The molecule has 0 spiro atoms. The highest BCUT2D eigenvalue weighted by Gasteiger charge is 2.09. The van der Waals surface area contributed by atoms with Crippen molar-refractivity contribution < 1.29 is 9.59 Å². The van der Waals surface area contributed by atoms with Crippen LogP contribution < -0.4 is 10.6 Å². The number of rotatable bonds is 6. The molecule has 0 fully saturated rings. The van der Waals surface area contributed by atoms with Crippen molar-refractivity contribution in [3.8, 4) is 0 Å². The molecule has 0 unspecified atom stereocenters. The fraction of sp³-hybridized carbons (Fsp3) is 0.222. The minimum absolute atomic E-state index is 0.113. The molecule has 120 valence electrons. The summed E-state index contributed by atoms with van der Waals surface area (Å²) >= 11 is 0. The van der Waals surface area contributed by atoms with Gasteiger partial charge in [-0.15, -0.1) is 0 Å². The van der Waals surface area contributed by atoms with E-state index in [0.29, 0.717) is 17.8 Å². The standard InChI is InChI=1S/C18H21N3O2/c1-19-18(23)15-9-6-10-16(11-15)20-17(22)13-21(2)12-14-7-4-3-5-8-14/h3-11H,12-13H2,1-2H3,(H,19,23)(H,20,22). The average molecular weight is 311 g/mol. The Hall–Kier alpha value is -2.66. The lowest BCUT2D eigenvalue weighted by molar-refractivity contribution is -0.117. The maximum absolute atomic E-state index is 12.1. The van der Waals surface area contributed by atoms with Crippen molar-refractivity contribution in [3.05, 3.63) is 65.7 Å². The molecule has 0 bridgehead atoms.